The summed E-state index contributed by atoms with van der Waals surface area (Å²) < 4.78 is 5.31. The van der Waals surface area contributed by atoms with Crippen LogP contribution in [0.5, 0.6) is 5.75 Å². The summed E-state index contributed by atoms with van der Waals surface area (Å²) in [6.07, 6.45) is 1.73. The minimum absolute atomic E-state index is 0.0667. The van der Waals surface area contributed by atoms with E-state index in [0.717, 1.165) is 10.3 Å². The van der Waals surface area contributed by atoms with Crippen LogP contribution in [0.4, 0.5) is 10.5 Å². The maximum atomic E-state index is 12.5. The van der Waals surface area contributed by atoms with Crippen LogP contribution in [-0.2, 0) is 4.79 Å². The first kappa shape index (κ1) is 17.7. The first-order chi connectivity index (χ1) is 12.6. The van der Waals surface area contributed by atoms with Crippen molar-refractivity contribution >= 4 is 39.9 Å². The lowest BCUT2D eigenvalue weighted by molar-refractivity contribution is -0.116. The second-order valence-corrected chi connectivity index (χ2v) is 6.52. The lowest BCUT2D eigenvalue weighted by Gasteiger charge is -2.16. The molecule has 1 aromatic carbocycles. The van der Waals surface area contributed by atoms with Crippen LogP contribution >= 0.6 is 11.3 Å². The maximum Gasteiger partial charge on any atom is 0.312 e. The van der Waals surface area contributed by atoms with Crippen molar-refractivity contribution in [3.05, 3.63) is 52.9 Å². The Morgan fingerprint density at radius 2 is 2.12 bits per heavy atom. The molecular formula is C18H18N4O3S. The van der Waals surface area contributed by atoms with E-state index in [4.69, 9.17) is 10.5 Å². The molecule has 0 aliphatic heterocycles. The molecule has 0 bridgehead atoms. The van der Waals surface area contributed by atoms with Gasteiger partial charge in [0.25, 0.3) is 0 Å². The number of methoxy groups -OCH3 is 1. The largest absolute Gasteiger partial charge is 0.494 e. The SMILES string of the molecule is COc1ccc(NC(=O)CC(NC(N)=O)c2cccs2)c2cccnc12. The average molecular weight is 370 g/mol. The molecule has 0 radical (unpaired) electrons. The summed E-state index contributed by atoms with van der Waals surface area (Å²) in [5.41, 5.74) is 6.53. The molecule has 0 saturated heterocycles. The van der Waals surface area contributed by atoms with Crippen LogP contribution in [0.1, 0.15) is 17.3 Å². The highest BCUT2D eigenvalue weighted by atomic mass is 32.1. The number of nitrogens with zero attached hydrogens (tertiary/aromatic N) is 1. The highest BCUT2D eigenvalue weighted by Gasteiger charge is 2.19. The van der Waals surface area contributed by atoms with Crippen molar-refractivity contribution in [3.8, 4) is 5.75 Å². The molecule has 4 N–H and O–H groups in total. The summed E-state index contributed by atoms with van der Waals surface area (Å²) >= 11 is 1.45. The Morgan fingerprint density at radius 1 is 1.27 bits per heavy atom. The number of nitrogens with two attached hydrogens (primary N) is 1. The number of fused-ring (bicyclic) bond motifs is 1. The molecule has 8 heteroatoms. The van der Waals surface area contributed by atoms with Crippen molar-refractivity contribution < 1.29 is 14.3 Å². The Kier molecular flexibility index (Phi) is 5.33. The minimum atomic E-state index is -0.671. The van der Waals surface area contributed by atoms with Gasteiger partial charge in [0, 0.05) is 16.5 Å². The monoisotopic (exact) mass is 370 g/mol. The molecule has 26 heavy (non-hydrogen) atoms. The number of aromatic nitrogens is 1. The fourth-order valence-electron chi connectivity index (χ4n) is 2.69. The second-order valence-electron chi connectivity index (χ2n) is 5.54. The molecule has 0 saturated carbocycles. The Balaban J connectivity index is 1.81. The summed E-state index contributed by atoms with van der Waals surface area (Å²) in [5, 5.41) is 8.14. The molecule has 2 aromatic heterocycles. The van der Waals surface area contributed by atoms with Crippen molar-refractivity contribution in [1.29, 1.82) is 0 Å². The van der Waals surface area contributed by atoms with E-state index in [9.17, 15) is 9.59 Å². The minimum Gasteiger partial charge on any atom is -0.494 e. The number of benzene rings is 1. The van der Waals surface area contributed by atoms with Gasteiger partial charge in [-0.05, 0) is 35.7 Å². The van der Waals surface area contributed by atoms with E-state index in [2.05, 4.69) is 15.6 Å². The molecule has 0 aliphatic carbocycles. The van der Waals surface area contributed by atoms with E-state index in [1.54, 1.807) is 31.5 Å². The third-order valence-corrected chi connectivity index (χ3v) is 4.81. The second kappa shape index (κ2) is 7.83. The van der Waals surface area contributed by atoms with Gasteiger partial charge in [0.2, 0.25) is 5.91 Å². The number of thiophene rings is 1. The summed E-state index contributed by atoms with van der Waals surface area (Å²) in [5.74, 6) is 0.387. The van der Waals surface area contributed by atoms with Gasteiger partial charge < -0.3 is 21.1 Å². The van der Waals surface area contributed by atoms with Crippen molar-refractivity contribution in [3.63, 3.8) is 0 Å². The van der Waals surface area contributed by atoms with Crippen LogP contribution in [0.3, 0.4) is 0 Å². The zero-order chi connectivity index (χ0) is 18.5. The van der Waals surface area contributed by atoms with E-state index < -0.39 is 12.1 Å². The number of amides is 3. The summed E-state index contributed by atoms with van der Waals surface area (Å²) in [4.78, 5) is 29.0. The van der Waals surface area contributed by atoms with Gasteiger partial charge in [-0.25, -0.2) is 4.79 Å². The molecule has 1 unspecified atom stereocenters. The molecule has 1 atom stereocenters. The standard InChI is InChI=1S/C18H18N4O3S/c1-25-14-7-6-12(11-4-2-8-20-17(11)14)21-16(23)10-13(22-18(19)24)15-5-3-9-26-15/h2-9,13H,10H2,1H3,(H,21,23)(H3,19,22,24). The van der Waals surface area contributed by atoms with Gasteiger partial charge in [-0.2, -0.15) is 0 Å². The van der Waals surface area contributed by atoms with Gasteiger partial charge in [0.05, 0.1) is 25.3 Å². The summed E-state index contributed by atoms with van der Waals surface area (Å²) in [6, 6.07) is 9.73. The Bertz CT molecular complexity index is 927. The van der Waals surface area contributed by atoms with Crippen LogP contribution in [0.25, 0.3) is 10.9 Å². The Morgan fingerprint density at radius 3 is 2.81 bits per heavy atom. The number of primary amides is 1. The first-order valence-electron chi connectivity index (χ1n) is 7.89. The molecule has 0 aliphatic rings. The predicted octanol–water partition coefficient (Wildman–Crippen LogP) is 3.04. The topological polar surface area (TPSA) is 106 Å². The van der Waals surface area contributed by atoms with E-state index in [1.807, 2.05) is 23.6 Å². The zero-order valence-electron chi connectivity index (χ0n) is 14.1. The number of hydrogen-bond donors (Lipinski definition) is 3. The van der Waals surface area contributed by atoms with Gasteiger partial charge in [-0.3, -0.25) is 9.78 Å². The highest BCUT2D eigenvalue weighted by Crippen LogP contribution is 2.30. The molecular weight excluding hydrogens is 352 g/mol. The van der Waals surface area contributed by atoms with Crippen LogP contribution in [-0.4, -0.2) is 24.0 Å². The quantitative estimate of drug-likeness (QED) is 0.620. The fraction of sp³-hybridized carbons (Fsp3) is 0.167. The lowest BCUT2D eigenvalue weighted by atomic mass is 10.1. The van der Waals surface area contributed by atoms with Gasteiger partial charge in [-0.15, -0.1) is 11.3 Å². The number of ether oxygens (including phenoxy) is 1. The van der Waals surface area contributed by atoms with Gasteiger partial charge in [0.1, 0.15) is 11.3 Å². The smallest absolute Gasteiger partial charge is 0.312 e. The molecule has 3 amide bonds. The summed E-state index contributed by atoms with van der Waals surface area (Å²) in [6.45, 7) is 0. The molecule has 7 nitrogen and oxygen atoms in total. The number of anilines is 1. The van der Waals surface area contributed by atoms with E-state index >= 15 is 0 Å². The molecule has 0 fully saturated rings. The summed E-state index contributed by atoms with van der Waals surface area (Å²) in [7, 11) is 1.57. The maximum absolute atomic E-state index is 12.5. The number of hydrogen-bond acceptors (Lipinski definition) is 5. The molecule has 3 aromatic rings. The first-order valence-corrected chi connectivity index (χ1v) is 8.77. The average Bonchev–Trinajstić information content (AvgIpc) is 3.16. The number of nitrogens with one attached hydrogen (secondary N) is 2. The van der Waals surface area contributed by atoms with Gasteiger partial charge in [-0.1, -0.05) is 6.07 Å². The van der Waals surface area contributed by atoms with E-state index in [0.29, 0.717) is 17.0 Å². The third-order valence-electron chi connectivity index (χ3n) is 3.82. The highest BCUT2D eigenvalue weighted by molar-refractivity contribution is 7.10. The van der Waals surface area contributed by atoms with Crippen LogP contribution < -0.4 is 21.1 Å². The normalized spacial score (nSPS) is 11.7. The molecule has 134 valence electrons. The van der Waals surface area contributed by atoms with Crippen LogP contribution in [0.15, 0.2) is 48.0 Å². The van der Waals surface area contributed by atoms with Gasteiger partial charge in [0.15, 0.2) is 0 Å². The molecule has 3 rings (SSSR count). The van der Waals surface area contributed by atoms with Crippen molar-refractivity contribution in [2.45, 2.75) is 12.5 Å². The third kappa shape index (κ3) is 3.92. The van der Waals surface area contributed by atoms with Crippen molar-refractivity contribution in [1.82, 2.24) is 10.3 Å². The number of pyridine rings is 1. The lowest BCUT2D eigenvalue weighted by Crippen LogP contribution is -2.34. The number of urea groups is 1. The zero-order valence-corrected chi connectivity index (χ0v) is 14.9. The predicted molar refractivity (Wildman–Crippen MR) is 101 cm³/mol. The number of carbonyl (C=O) groups excluding carboxylic acids is 2. The molecule has 2 heterocycles. The van der Waals surface area contributed by atoms with E-state index in [-0.39, 0.29) is 12.3 Å². The Hall–Kier alpha value is -3.13. The molecule has 0 spiro atoms. The van der Waals surface area contributed by atoms with Crippen LogP contribution in [0, 0.1) is 0 Å². The van der Waals surface area contributed by atoms with Gasteiger partial charge >= 0.3 is 6.03 Å². The Labute approximate surface area is 154 Å². The fourth-order valence-corrected chi connectivity index (χ4v) is 3.47. The van der Waals surface area contributed by atoms with Crippen molar-refractivity contribution in [2.75, 3.05) is 12.4 Å². The van der Waals surface area contributed by atoms with Crippen molar-refractivity contribution in [2.24, 2.45) is 5.73 Å². The number of rotatable bonds is 6. The van der Waals surface area contributed by atoms with E-state index in [1.165, 1.54) is 11.3 Å². The number of carbonyl (C=O) groups is 2. The van der Waals surface area contributed by atoms with Crippen LogP contribution in [0.2, 0.25) is 0 Å².